The maximum Gasteiger partial charge on any atom is 0.253 e. The molecule has 1 heterocycles. The number of halogens is 2. The van der Waals surface area contributed by atoms with Gasteiger partial charge in [0.05, 0.1) is 0 Å². The minimum absolute atomic E-state index is 0. The number of hydrogen-bond donors (Lipinski definition) is 1. The fourth-order valence-corrected chi connectivity index (χ4v) is 3.60. The van der Waals surface area contributed by atoms with E-state index < -0.39 is 0 Å². The molecule has 0 unspecified atom stereocenters. The monoisotopic (exact) mass is 423 g/mol. The van der Waals surface area contributed by atoms with E-state index in [1.54, 1.807) is 0 Å². The number of likely N-dealkylation sites (tertiary alicyclic amines) is 1. The summed E-state index contributed by atoms with van der Waals surface area (Å²) in [5, 5.41) is 3.08. The van der Waals surface area contributed by atoms with Gasteiger partial charge in [0.15, 0.2) is 0 Å². The van der Waals surface area contributed by atoms with Crippen molar-refractivity contribution in [2.45, 2.75) is 25.3 Å². The predicted molar refractivity (Wildman–Crippen MR) is 122 cm³/mol. The summed E-state index contributed by atoms with van der Waals surface area (Å²) in [7, 11) is 4.09. The van der Waals surface area contributed by atoms with Crippen LogP contribution in [0.4, 0.5) is 5.69 Å². The molecule has 3 rings (SSSR count). The normalized spacial score (nSPS) is 14.2. The zero-order valence-corrected chi connectivity index (χ0v) is 18.3. The van der Waals surface area contributed by atoms with Gasteiger partial charge in [-0.2, -0.15) is 0 Å². The van der Waals surface area contributed by atoms with Crippen LogP contribution in [0.15, 0.2) is 54.6 Å². The molecule has 1 saturated heterocycles. The quantitative estimate of drug-likeness (QED) is 0.749. The van der Waals surface area contributed by atoms with Crippen molar-refractivity contribution in [2.24, 2.45) is 0 Å². The van der Waals surface area contributed by atoms with Gasteiger partial charge in [-0.1, -0.05) is 30.3 Å². The van der Waals surface area contributed by atoms with Crippen molar-refractivity contribution >= 4 is 36.4 Å². The lowest BCUT2D eigenvalue weighted by molar-refractivity contribution is 0.0647. The van der Waals surface area contributed by atoms with E-state index in [-0.39, 0.29) is 30.7 Å². The molecule has 0 aliphatic carbocycles. The molecule has 6 heteroatoms. The number of nitrogens with one attached hydrogen (secondary N) is 1. The largest absolute Gasteiger partial charge is 0.388 e. The van der Waals surface area contributed by atoms with Crippen LogP contribution in [0.2, 0.25) is 0 Å². The van der Waals surface area contributed by atoms with E-state index in [1.165, 1.54) is 5.56 Å². The number of anilines is 1. The van der Waals surface area contributed by atoms with Gasteiger partial charge in [0.1, 0.15) is 0 Å². The number of amides is 1. The number of likely N-dealkylation sites (N-methyl/N-ethyl adjacent to an activating group) is 1. The Hall–Kier alpha value is -1.75. The first-order valence-corrected chi connectivity index (χ1v) is 9.48. The predicted octanol–water partition coefficient (Wildman–Crippen LogP) is 4.35. The lowest BCUT2D eigenvalue weighted by atomic mass is 10.0. The topological polar surface area (TPSA) is 35.6 Å². The maximum absolute atomic E-state index is 12.7. The Kier molecular flexibility index (Phi) is 10.4. The Morgan fingerprint density at radius 3 is 2.21 bits per heavy atom. The van der Waals surface area contributed by atoms with Crippen LogP contribution >= 0.6 is 24.8 Å². The highest BCUT2D eigenvalue weighted by Crippen LogP contribution is 2.19. The molecule has 4 nitrogen and oxygen atoms in total. The van der Waals surface area contributed by atoms with E-state index in [9.17, 15) is 4.79 Å². The molecular formula is C22H31Cl2N3O. The maximum atomic E-state index is 12.7. The SMILES string of the molecule is CNc1ccc(C(=O)N2CCC(N(C)CCc3ccccc3)CC2)cc1.Cl.Cl. The highest BCUT2D eigenvalue weighted by atomic mass is 35.5. The molecule has 154 valence electrons. The summed E-state index contributed by atoms with van der Waals surface area (Å²) in [5.74, 6) is 0.151. The Labute approximate surface area is 181 Å². The average molecular weight is 424 g/mol. The molecule has 0 spiro atoms. The molecule has 1 N–H and O–H groups in total. The van der Waals surface area contributed by atoms with Crippen LogP contribution < -0.4 is 5.32 Å². The van der Waals surface area contributed by atoms with E-state index in [0.717, 1.165) is 50.1 Å². The minimum Gasteiger partial charge on any atom is -0.388 e. The molecule has 1 fully saturated rings. The summed E-state index contributed by atoms with van der Waals surface area (Å²) in [4.78, 5) is 17.1. The van der Waals surface area contributed by atoms with Gasteiger partial charge in [0.25, 0.3) is 5.91 Å². The number of hydrogen-bond acceptors (Lipinski definition) is 3. The molecule has 1 amide bonds. The molecule has 0 bridgehead atoms. The van der Waals surface area contributed by atoms with Gasteiger partial charge in [-0.25, -0.2) is 0 Å². The summed E-state index contributed by atoms with van der Waals surface area (Å²) in [6, 6.07) is 18.9. The third kappa shape index (κ3) is 6.40. The van der Waals surface area contributed by atoms with Gasteiger partial charge in [0, 0.05) is 44.0 Å². The van der Waals surface area contributed by atoms with Gasteiger partial charge in [-0.15, -0.1) is 24.8 Å². The highest BCUT2D eigenvalue weighted by molar-refractivity contribution is 5.94. The summed E-state index contributed by atoms with van der Waals surface area (Å²) >= 11 is 0. The van der Waals surface area contributed by atoms with Crippen LogP contribution in [-0.4, -0.2) is 55.5 Å². The average Bonchev–Trinajstić information content (AvgIpc) is 2.72. The van der Waals surface area contributed by atoms with Crippen molar-refractivity contribution in [3.8, 4) is 0 Å². The standard InChI is InChI=1S/C22H29N3O.2ClH/c1-23-20-10-8-19(9-11-20)22(26)25-16-13-21(14-17-25)24(2)15-12-18-6-4-3-5-7-18;;/h3-11,21,23H,12-17H2,1-2H3;2*1H. The molecule has 0 atom stereocenters. The molecule has 28 heavy (non-hydrogen) atoms. The Bertz CT molecular complexity index is 701. The Morgan fingerprint density at radius 2 is 1.64 bits per heavy atom. The molecule has 0 saturated carbocycles. The number of benzene rings is 2. The third-order valence-electron chi connectivity index (χ3n) is 5.39. The van der Waals surface area contributed by atoms with Crippen molar-refractivity contribution in [1.29, 1.82) is 0 Å². The number of carbonyl (C=O) groups excluding carboxylic acids is 1. The van der Waals surface area contributed by atoms with Crippen molar-refractivity contribution < 1.29 is 4.79 Å². The van der Waals surface area contributed by atoms with E-state index in [0.29, 0.717) is 6.04 Å². The highest BCUT2D eigenvalue weighted by Gasteiger charge is 2.25. The summed E-state index contributed by atoms with van der Waals surface area (Å²) in [6.45, 7) is 2.74. The molecule has 0 radical (unpaired) electrons. The van der Waals surface area contributed by atoms with Crippen LogP contribution in [0.3, 0.4) is 0 Å². The number of carbonyl (C=O) groups is 1. The Morgan fingerprint density at radius 1 is 1.04 bits per heavy atom. The van der Waals surface area contributed by atoms with E-state index in [1.807, 2.05) is 36.2 Å². The molecule has 0 aromatic heterocycles. The molecular weight excluding hydrogens is 393 g/mol. The lowest BCUT2D eigenvalue weighted by Crippen LogP contribution is -2.46. The second-order valence-electron chi connectivity index (χ2n) is 7.07. The molecule has 1 aliphatic rings. The van der Waals surface area contributed by atoms with Crippen molar-refractivity contribution in [3.63, 3.8) is 0 Å². The van der Waals surface area contributed by atoms with Crippen LogP contribution in [0.5, 0.6) is 0 Å². The molecule has 2 aromatic rings. The van der Waals surface area contributed by atoms with Crippen molar-refractivity contribution in [3.05, 3.63) is 65.7 Å². The Balaban J connectivity index is 0.00000196. The summed E-state index contributed by atoms with van der Waals surface area (Å²) in [5.41, 5.74) is 3.19. The zero-order valence-electron chi connectivity index (χ0n) is 16.6. The van der Waals surface area contributed by atoms with E-state index in [4.69, 9.17) is 0 Å². The second-order valence-corrected chi connectivity index (χ2v) is 7.07. The lowest BCUT2D eigenvalue weighted by Gasteiger charge is -2.37. The van der Waals surface area contributed by atoms with Crippen LogP contribution in [0.1, 0.15) is 28.8 Å². The molecule has 2 aromatic carbocycles. The fraction of sp³-hybridized carbons (Fsp3) is 0.409. The van der Waals surface area contributed by atoms with Gasteiger partial charge in [-0.3, -0.25) is 4.79 Å². The molecule has 1 aliphatic heterocycles. The van der Waals surface area contributed by atoms with Crippen LogP contribution in [0.25, 0.3) is 0 Å². The van der Waals surface area contributed by atoms with Crippen LogP contribution in [0, 0.1) is 0 Å². The van der Waals surface area contributed by atoms with E-state index in [2.05, 4.69) is 47.6 Å². The fourth-order valence-electron chi connectivity index (χ4n) is 3.60. The van der Waals surface area contributed by atoms with Gasteiger partial charge >= 0.3 is 0 Å². The first-order chi connectivity index (χ1) is 12.7. The van der Waals surface area contributed by atoms with Crippen molar-refractivity contribution in [2.75, 3.05) is 39.0 Å². The summed E-state index contributed by atoms with van der Waals surface area (Å²) < 4.78 is 0. The van der Waals surface area contributed by atoms with E-state index >= 15 is 0 Å². The zero-order chi connectivity index (χ0) is 18.4. The number of nitrogens with zero attached hydrogens (tertiary/aromatic N) is 2. The second kappa shape index (κ2) is 11.9. The number of rotatable bonds is 6. The number of piperidine rings is 1. The minimum atomic E-state index is 0. The van der Waals surface area contributed by atoms with Gasteiger partial charge < -0.3 is 15.1 Å². The first-order valence-electron chi connectivity index (χ1n) is 9.48. The van der Waals surface area contributed by atoms with Gasteiger partial charge in [-0.05, 0) is 56.1 Å². The summed E-state index contributed by atoms with van der Waals surface area (Å²) in [6.07, 6.45) is 3.17. The van der Waals surface area contributed by atoms with Crippen LogP contribution in [-0.2, 0) is 6.42 Å². The van der Waals surface area contributed by atoms with Crippen molar-refractivity contribution in [1.82, 2.24) is 9.80 Å². The smallest absolute Gasteiger partial charge is 0.253 e. The first kappa shape index (κ1) is 24.3. The van der Waals surface area contributed by atoms with Gasteiger partial charge in [0.2, 0.25) is 0 Å². The third-order valence-corrected chi connectivity index (χ3v) is 5.39.